The number of aromatic nitrogens is 1. The van der Waals surface area contributed by atoms with Crippen LogP contribution in [0.3, 0.4) is 0 Å². The lowest BCUT2D eigenvalue weighted by atomic mass is 10.1. The molecular weight excluding hydrogens is 182 g/mol. The van der Waals surface area contributed by atoms with E-state index in [1.54, 1.807) is 13.0 Å². The molecule has 0 fully saturated rings. The third-order valence-corrected chi connectivity index (χ3v) is 1.85. The number of rotatable bonds is 3. The fourth-order valence-electron chi connectivity index (χ4n) is 0.861. The second-order valence-electron chi connectivity index (χ2n) is 3.07. The van der Waals surface area contributed by atoms with Gasteiger partial charge in [0.2, 0.25) is 11.5 Å². The van der Waals surface area contributed by atoms with E-state index in [1.807, 2.05) is 0 Å². The van der Waals surface area contributed by atoms with Crippen molar-refractivity contribution in [2.75, 3.05) is 11.9 Å². The van der Waals surface area contributed by atoms with Crippen LogP contribution in [-0.2, 0) is 4.79 Å². The Bertz CT molecular complexity index is 352. The number of aromatic amines is 1. The first kappa shape index (κ1) is 10.5. The van der Waals surface area contributed by atoms with Gasteiger partial charge in [0.25, 0.3) is 0 Å². The highest BCUT2D eigenvalue weighted by atomic mass is 16.2. The van der Waals surface area contributed by atoms with Crippen LogP contribution in [0.25, 0.3) is 0 Å². The molecule has 4 N–H and O–H groups in total. The molecule has 1 amide bonds. The molecule has 0 aromatic carbocycles. The number of nitrogens with one attached hydrogen (secondary N) is 2. The number of hydrogen-bond acceptors (Lipinski definition) is 3. The topological polar surface area (TPSA) is 88.0 Å². The van der Waals surface area contributed by atoms with Gasteiger partial charge in [0.15, 0.2) is 0 Å². The lowest BCUT2D eigenvalue weighted by Gasteiger charge is -2.08. The summed E-state index contributed by atoms with van der Waals surface area (Å²) < 4.78 is 0. The molecule has 1 aromatic rings. The van der Waals surface area contributed by atoms with Crippen molar-refractivity contribution >= 4 is 11.6 Å². The Kier molecular flexibility index (Phi) is 3.41. The Morgan fingerprint density at radius 1 is 1.64 bits per heavy atom. The summed E-state index contributed by atoms with van der Waals surface area (Å²) in [5.41, 5.74) is 5.70. The van der Waals surface area contributed by atoms with Gasteiger partial charge in [-0.15, -0.1) is 0 Å². The zero-order valence-electron chi connectivity index (χ0n) is 7.91. The first-order valence-electron chi connectivity index (χ1n) is 4.33. The summed E-state index contributed by atoms with van der Waals surface area (Å²) in [6.07, 6.45) is 1.45. The van der Waals surface area contributed by atoms with E-state index in [9.17, 15) is 9.59 Å². The van der Waals surface area contributed by atoms with Crippen LogP contribution in [0.1, 0.15) is 6.92 Å². The quantitative estimate of drug-likeness (QED) is 0.629. The number of carbonyl (C=O) groups excluding carboxylic acids is 1. The Labute approximate surface area is 81.3 Å². The molecule has 0 aliphatic rings. The maximum Gasteiger partial charge on any atom is 0.248 e. The molecule has 1 rings (SSSR count). The maximum absolute atomic E-state index is 11.3. The Hall–Kier alpha value is -1.62. The molecule has 0 aliphatic carbocycles. The van der Waals surface area contributed by atoms with Crippen molar-refractivity contribution in [3.05, 3.63) is 28.7 Å². The zero-order valence-corrected chi connectivity index (χ0v) is 7.91. The predicted octanol–water partition coefficient (Wildman–Crippen LogP) is -0.0918. The molecule has 0 saturated heterocycles. The molecule has 5 heteroatoms. The SMILES string of the molecule is CC(CN)C(=O)Nc1ccc(=O)[nH]c1. The van der Waals surface area contributed by atoms with Crippen molar-refractivity contribution in [2.24, 2.45) is 11.7 Å². The summed E-state index contributed by atoms with van der Waals surface area (Å²) in [4.78, 5) is 24.5. The molecular formula is C9H13N3O2. The lowest BCUT2D eigenvalue weighted by molar-refractivity contribution is -0.119. The normalized spacial score (nSPS) is 12.1. The predicted molar refractivity (Wildman–Crippen MR) is 53.9 cm³/mol. The van der Waals surface area contributed by atoms with E-state index in [0.29, 0.717) is 12.2 Å². The molecule has 0 spiro atoms. The van der Waals surface area contributed by atoms with Gasteiger partial charge in [0.05, 0.1) is 5.69 Å². The minimum atomic E-state index is -0.234. The largest absolute Gasteiger partial charge is 0.330 e. The second kappa shape index (κ2) is 4.57. The molecule has 0 bridgehead atoms. The molecule has 76 valence electrons. The van der Waals surface area contributed by atoms with E-state index < -0.39 is 0 Å². The number of amides is 1. The van der Waals surface area contributed by atoms with Gasteiger partial charge in [-0.25, -0.2) is 0 Å². The number of nitrogens with two attached hydrogens (primary N) is 1. The van der Waals surface area contributed by atoms with Crippen molar-refractivity contribution in [2.45, 2.75) is 6.92 Å². The van der Waals surface area contributed by atoms with Crippen molar-refractivity contribution in [1.29, 1.82) is 0 Å². The molecule has 1 aromatic heterocycles. The average Bonchev–Trinajstić information content (AvgIpc) is 2.20. The summed E-state index contributed by atoms with van der Waals surface area (Å²) >= 11 is 0. The van der Waals surface area contributed by atoms with E-state index in [0.717, 1.165) is 0 Å². The molecule has 1 atom stereocenters. The van der Waals surface area contributed by atoms with Crippen LogP contribution >= 0.6 is 0 Å². The summed E-state index contributed by atoms with van der Waals surface area (Å²) in [6, 6.07) is 2.89. The Morgan fingerprint density at radius 2 is 2.36 bits per heavy atom. The third-order valence-electron chi connectivity index (χ3n) is 1.85. The van der Waals surface area contributed by atoms with Crippen molar-refractivity contribution < 1.29 is 4.79 Å². The molecule has 14 heavy (non-hydrogen) atoms. The highest BCUT2D eigenvalue weighted by molar-refractivity contribution is 5.92. The van der Waals surface area contributed by atoms with Gasteiger partial charge in [-0.1, -0.05) is 6.92 Å². The smallest absolute Gasteiger partial charge is 0.248 e. The van der Waals surface area contributed by atoms with Gasteiger partial charge in [-0.3, -0.25) is 9.59 Å². The summed E-state index contributed by atoms with van der Waals surface area (Å²) in [6.45, 7) is 2.04. The molecule has 0 aliphatic heterocycles. The highest BCUT2D eigenvalue weighted by Gasteiger charge is 2.10. The zero-order chi connectivity index (χ0) is 10.6. The van der Waals surface area contributed by atoms with Crippen molar-refractivity contribution in [1.82, 2.24) is 4.98 Å². The molecule has 0 saturated carbocycles. The van der Waals surface area contributed by atoms with E-state index in [1.165, 1.54) is 12.3 Å². The third kappa shape index (κ3) is 2.70. The summed E-state index contributed by atoms with van der Waals surface area (Å²) in [5, 5.41) is 2.63. The van der Waals surface area contributed by atoms with Crippen LogP contribution in [0.2, 0.25) is 0 Å². The minimum Gasteiger partial charge on any atom is -0.330 e. The first-order chi connectivity index (χ1) is 6.63. The Balaban J connectivity index is 2.65. The van der Waals surface area contributed by atoms with Crippen LogP contribution in [0.5, 0.6) is 0 Å². The first-order valence-corrected chi connectivity index (χ1v) is 4.33. The lowest BCUT2D eigenvalue weighted by Crippen LogP contribution is -2.26. The summed E-state index contributed by atoms with van der Waals surface area (Å²) in [7, 11) is 0. The number of pyridine rings is 1. The monoisotopic (exact) mass is 195 g/mol. The van der Waals surface area contributed by atoms with Crippen LogP contribution in [0.4, 0.5) is 5.69 Å². The van der Waals surface area contributed by atoms with Gasteiger partial charge in [0.1, 0.15) is 0 Å². The van der Waals surface area contributed by atoms with E-state index >= 15 is 0 Å². The molecule has 0 radical (unpaired) electrons. The van der Waals surface area contributed by atoms with Gasteiger partial charge in [0, 0.05) is 24.7 Å². The van der Waals surface area contributed by atoms with E-state index in [-0.39, 0.29) is 17.4 Å². The van der Waals surface area contributed by atoms with Crippen molar-refractivity contribution in [3.63, 3.8) is 0 Å². The molecule has 1 heterocycles. The van der Waals surface area contributed by atoms with Gasteiger partial charge < -0.3 is 16.0 Å². The van der Waals surface area contributed by atoms with Crippen molar-refractivity contribution in [3.8, 4) is 0 Å². The standard InChI is InChI=1S/C9H13N3O2/c1-6(4-10)9(14)12-7-2-3-8(13)11-5-7/h2-3,5-6H,4,10H2,1H3,(H,11,13)(H,12,14). The van der Waals surface area contributed by atoms with Gasteiger partial charge >= 0.3 is 0 Å². The summed E-state index contributed by atoms with van der Waals surface area (Å²) in [5.74, 6) is -0.388. The molecule has 1 unspecified atom stereocenters. The number of carbonyl (C=O) groups is 1. The average molecular weight is 195 g/mol. The number of H-pyrrole nitrogens is 1. The van der Waals surface area contributed by atoms with Crippen LogP contribution < -0.4 is 16.6 Å². The fraction of sp³-hybridized carbons (Fsp3) is 0.333. The molecule has 5 nitrogen and oxygen atoms in total. The highest BCUT2D eigenvalue weighted by Crippen LogP contribution is 2.03. The number of anilines is 1. The van der Waals surface area contributed by atoms with Crippen LogP contribution in [0.15, 0.2) is 23.1 Å². The van der Waals surface area contributed by atoms with E-state index in [4.69, 9.17) is 5.73 Å². The Morgan fingerprint density at radius 3 is 2.86 bits per heavy atom. The fourth-order valence-corrected chi connectivity index (χ4v) is 0.861. The maximum atomic E-state index is 11.3. The van der Waals surface area contributed by atoms with Gasteiger partial charge in [-0.2, -0.15) is 0 Å². The minimum absolute atomic E-state index is 0.153. The van der Waals surface area contributed by atoms with E-state index in [2.05, 4.69) is 10.3 Å². The second-order valence-corrected chi connectivity index (χ2v) is 3.07. The van der Waals surface area contributed by atoms with Crippen LogP contribution in [-0.4, -0.2) is 17.4 Å². The number of hydrogen-bond donors (Lipinski definition) is 3. The van der Waals surface area contributed by atoms with Gasteiger partial charge in [-0.05, 0) is 6.07 Å². The van der Waals surface area contributed by atoms with Crippen LogP contribution in [0, 0.1) is 5.92 Å².